The summed E-state index contributed by atoms with van der Waals surface area (Å²) in [5.74, 6) is 0. The largest absolute Gasteiger partial charge is 0.379 e. The van der Waals surface area contributed by atoms with Gasteiger partial charge in [0.15, 0.2) is 0 Å². The molecule has 2 rings (SSSR count). The highest BCUT2D eigenvalue weighted by Gasteiger charge is 2.04. The summed E-state index contributed by atoms with van der Waals surface area (Å²) in [5, 5.41) is 3.53. The summed E-state index contributed by atoms with van der Waals surface area (Å²) in [6.45, 7) is 6.49. The predicted octanol–water partition coefficient (Wildman–Crippen LogP) is 4.73. The third-order valence-electron chi connectivity index (χ3n) is 3.32. The molecule has 0 bridgehead atoms. The molecule has 0 radical (unpaired) electrons. The Kier molecular flexibility index (Phi) is 4.03. The Bertz CT molecular complexity index is 482. The second kappa shape index (κ2) is 5.72. The Hall–Kier alpha value is -1.76. The highest BCUT2D eigenvalue weighted by Crippen LogP contribution is 2.20. The van der Waals surface area contributed by atoms with Crippen molar-refractivity contribution in [2.45, 2.75) is 33.2 Å². The van der Waals surface area contributed by atoms with E-state index < -0.39 is 0 Å². The van der Waals surface area contributed by atoms with E-state index in [9.17, 15) is 0 Å². The van der Waals surface area contributed by atoms with Crippen molar-refractivity contribution in [3.8, 4) is 0 Å². The molecule has 0 aliphatic heterocycles. The molecule has 0 saturated carbocycles. The fourth-order valence-corrected chi connectivity index (χ4v) is 2.03. The fraction of sp³-hybridized carbons (Fsp3) is 0.294. The van der Waals surface area contributed by atoms with Crippen molar-refractivity contribution in [1.82, 2.24) is 0 Å². The maximum atomic E-state index is 3.53. The van der Waals surface area contributed by atoms with E-state index in [-0.39, 0.29) is 0 Å². The van der Waals surface area contributed by atoms with Gasteiger partial charge in [0.2, 0.25) is 0 Å². The maximum absolute atomic E-state index is 3.53. The molecule has 0 fully saturated rings. The maximum Gasteiger partial charge on any atom is 0.0485 e. The van der Waals surface area contributed by atoms with Crippen LogP contribution in [0.15, 0.2) is 48.5 Å². The van der Waals surface area contributed by atoms with E-state index in [1.54, 1.807) is 0 Å². The van der Waals surface area contributed by atoms with Crippen molar-refractivity contribution >= 4 is 5.69 Å². The monoisotopic (exact) mass is 239 g/mol. The Morgan fingerprint density at radius 2 is 1.56 bits per heavy atom. The number of nitrogens with one attached hydrogen (secondary N) is 1. The lowest BCUT2D eigenvalue weighted by Crippen LogP contribution is -2.06. The second-order valence-electron chi connectivity index (χ2n) is 4.83. The predicted molar refractivity (Wildman–Crippen MR) is 79.0 cm³/mol. The first-order valence-corrected chi connectivity index (χ1v) is 6.61. The van der Waals surface area contributed by atoms with Crippen LogP contribution in [0.4, 0.5) is 5.69 Å². The molecule has 2 aromatic rings. The van der Waals surface area contributed by atoms with E-state index >= 15 is 0 Å². The first kappa shape index (κ1) is 12.7. The summed E-state index contributed by atoms with van der Waals surface area (Å²) in [6, 6.07) is 17.7. The molecule has 0 heterocycles. The van der Waals surface area contributed by atoms with E-state index in [4.69, 9.17) is 0 Å². The minimum absolute atomic E-state index is 0.332. The molecule has 1 unspecified atom stereocenters. The van der Waals surface area contributed by atoms with Crippen molar-refractivity contribution in [1.29, 1.82) is 0 Å². The molecule has 1 heteroatoms. The first-order chi connectivity index (χ1) is 8.69. The van der Waals surface area contributed by atoms with Crippen LogP contribution in [0.2, 0.25) is 0 Å². The number of hydrogen-bond donors (Lipinski definition) is 1. The molecule has 0 aliphatic rings. The summed E-state index contributed by atoms with van der Waals surface area (Å²) in [7, 11) is 0. The highest BCUT2D eigenvalue weighted by atomic mass is 14.9. The fourth-order valence-electron chi connectivity index (χ4n) is 2.03. The molecule has 0 saturated heterocycles. The van der Waals surface area contributed by atoms with Crippen LogP contribution < -0.4 is 5.32 Å². The van der Waals surface area contributed by atoms with Crippen LogP contribution in [0.3, 0.4) is 0 Å². The molecule has 0 aliphatic carbocycles. The Morgan fingerprint density at radius 3 is 2.11 bits per heavy atom. The number of hydrogen-bond acceptors (Lipinski definition) is 1. The molecule has 1 atom stereocenters. The Labute approximate surface area is 110 Å². The van der Waals surface area contributed by atoms with Crippen LogP contribution >= 0.6 is 0 Å². The summed E-state index contributed by atoms with van der Waals surface area (Å²) in [5.41, 5.74) is 5.18. The molecule has 1 nitrogen and oxygen atoms in total. The summed E-state index contributed by atoms with van der Waals surface area (Å²) >= 11 is 0. The average Bonchev–Trinajstić information content (AvgIpc) is 2.40. The zero-order chi connectivity index (χ0) is 13.0. The van der Waals surface area contributed by atoms with Gasteiger partial charge in [-0.15, -0.1) is 0 Å². The Balaban J connectivity index is 2.05. The van der Waals surface area contributed by atoms with Crippen molar-refractivity contribution in [3.05, 3.63) is 65.2 Å². The van der Waals surface area contributed by atoms with Crippen molar-refractivity contribution in [3.63, 3.8) is 0 Å². The van der Waals surface area contributed by atoms with Gasteiger partial charge in [-0.2, -0.15) is 0 Å². The van der Waals surface area contributed by atoms with Crippen molar-refractivity contribution < 1.29 is 0 Å². The first-order valence-electron chi connectivity index (χ1n) is 6.61. The number of rotatable bonds is 4. The van der Waals surface area contributed by atoms with Gasteiger partial charge in [0, 0.05) is 11.7 Å². The minimum Gasteiger partial charge on any atom is -0.379 e. The van der Waals surface area contributed by atoms with Crippen LogP contribution in [-0.4, -0.2) is 0 Å². The van der Waals surface area contributed by atoms with E-state index in [2.05, 4.69) is 74.6 Å². The summed E-state index contributed by atoms with van der Waals surface area (Å²) in [6.07, 6.45) is 1.09. The van der Waals surface area contributed by atoms with Crippen LogP contribution in [0.25, 0.3) is 0 Å². The van der Waals surface area contributed by atoms with Gasteiger partial charge in [-0.1, -0.05) is 48.9 Å². The van der Waals surface area contributed by atoms with Crippen molar-refractivity contribution in [2.75, 3.05) is 5.32 Å². The second-order valence-corrected chi connectivity index (χ2v) is 4.83. The van der Waals surface area contributed by atoms with Crippen LogP contribution in [0, 0.1) is 6.92 Å². The molecular formula is C17H21N. The SMILES string of the molecule is CCc1ccc(NC(C)c2ccc(C)cc2)cc1. The molecule has 94 valence electrons. The van der Waals surface area contributed by atoms with Gasteiger partial charge in [0.05, 0.1) is 0 Å². The molecule has 0 amide bonds. The van der Waals surface area contributed by atoms with E-state index in [1.807, 2.05) is 0 Å². The highest BCUT2D eigenvalue weighted by molar-refractivity contribution is 5.46. The van der Waals surface area contributed by atoms with Gasteiger partial charge in [0.25, 0.3) is 0 Å². The van der Waals surface area contributed by atoms with Gasteiger partial charge < -0.3 is 5.32 Å². The minimum atomic E-state index is 0.332. The molecule has 18 heavy (non-hydrogen) atoms. The summed E-state index contributed by atoms with van der Waals surface area (Å²) in [4.78, 5) is 0. The van der Waals surface area contributed by atoms with E-state index in [0.29, 0.717) is 6.04 Å². The van der Waals surface area contributed by atoms with Crippen LogP contribution in [-0.2, 0) is 6.42 Å². The smallest absolute Gasteiger partial charge is 0.0485 e. The third-order valence-corrected chi connectivity index (χ3v) is 3.32. The zero-order valence-electron chi connectivity index (χ0n) is 11.4. The lowest BCUT2D eigenvalue weighted by molar-refractivity contribution is 0.883. The molecule has 2 aromatic carbocycles. The van der Waals surface area contributed by atoms with Crippen molar-refractivity contribution in [2.24, 2.45) is 0 Å². The molecular weight excluding hydrogens is 218 g/mol. The molecule has 0 aromatic heterocycles. The van der Waals surface area contributed by atoms with Gasteiger partial charge in [-0.25, -0.2) is 0 Å². The standard InChI is InChI=1S/C17H21N/c1-4-15-7-11-17(12-8-15)18-14(3)16-9-5-13(2)6-10-16/h5-12,14,18H,4H2,1-3H3. The quantitative estimate of drug-likeness (QED) is 0.813. The number of benzene rings is 2. The number of aryl methyl sites for hydroxylation is 2. The number of anilines is 1. The third kappa shape index (κ3) is 3.13. The van der Waals surface area contributed by atoms with Gasteiger partial charge >= 0.3 is 0 Å². The Morgan fingerprint density at radius 1 is 0.944 bits per heavy atom. The zero-order valence-corrected chi connectivity index (χ0v) is 11.4. The lowest BCUT2D eigenvalue weighted by Gasteiger charge is -2.16. The molecule has 0 spiro atoms. The summed E-state index contributed by atoms with van der Waals surface area (Å²) < 4.78 is 0. The average molecular weight is 239 g/mol. The lowest BCUT2D eigenvalue weighted by atomic mass is 10.1. The van der Waals surface area contributed by atoms with Gasteiger partial charge in [0.1, 0.15) is 0 Å². The van der Waals surface area contributed by atoms with Crippen LogP contribution in [0.5, 0.6) is 0 Å². The van der Waals surface area contributed by atoms with Crippen LogP contribution in [0.1, 0.15) is 36.6 Å². The van der Waals surface area contributed by atoms with E-state index in [1.165, 1.54) is 22.4 Å². The molecule has 1 N–H and O–H groups in total. The topological polar surface area (TPSA) is 12.0 Å². The van der Waals surface area contributed by atoms with Gasteiger partial charge in [-0.3, -0.25) is 0 Å². The van der Waals surface area contributed by atoms with Gasteiger partial charge in [-0.05, 0) is 43.5 Å². The van der Waals surface area contributed by atoms with E-state index in [0.717, 1.165) is 6.42 Å². The normalized spacial score (nSPS) is 12.2.